The molecule has 1 amide bonds. The lowest BCUT2D eigenvalue weighted by molar-refractivity contribution is -0.131. The van der Waals surface area contributed by atoms with Crippen molar-refractivity contribution in [3.8, 4) is 0 Å². The Bertz CT molecular complexity index is 521. The molecule has 20 heavy (non-hydrogen) atoms. The highest BCUT2D eigenvalue weighted by molar-refractivity contribution is 5.86. The molecular formula is C17H24N2O. The zero-order valence-corrected chi connectivity index (χ0v) is 13.0. The molecule has 2 atom stereocenters. The van der Waals surface area contributed by atoms with Crippen LogP contribution in [0.4, 0.5) is 0 Å². The van der Waals surface area contributed by atoms with Crippen LogP contribution in [-0.2, 0) is 4.79 Å². The van der Waals surface area contributed by atoms with Crippen molar-refractivity contribution in [3.05, 3.63) is 35.9 Å². The molecule has 3 nitrogen and oxygen atoms in total. The minimum Gasteiger partial charge on any atom is -0.322 e. The van der Waals surface area contributed by atoms with Crippen molar-refractivity contribution in [3.63, 3.8) is 0 Å². The molecule has 0 spiro atoms. The van der Waals surface area contributed by atoms with Crippen LogP contribution in [0.3, 0.4) is 0 Å². The van der Waals surface area contributed by atoms with Gasteiger partial charge in [0.25, 0.3) is 0 Å². The topological polar surface area (TPSA) is 32.3 Å². The van der Waals surface area contributed by atoms with Crippen LogP contribution in [0.1, 0.15) is 46.2 Å². The number of nitrogens with zero attached hydrogens (tertiary/aromatic N) is 1. The van der Waals surface area contributed by atoms with E-state index >= 15 is 0 Å². The Morgan fingerprint density at radius 1 is 1.05 bits per heavy atom. The molecule has 2 aliphatic rings. The maximum absolute atomic E-state index is 12.8. The van der Waals surface area contributed by atoms with Crippen LogP contribution in [0.5, 0.6) is 0 Å². The lowest BCUT2D eigenvalue weighted by Gasteiger charge is -2.23. The normalized spacial score (nSPS) is 31.6. The second-order valence-electron chi connectivity index (χ2n) is 7.28. The Hall–Kier alpha value is -1.35. The summed E-state index contributed by atoms with van der Waals surface area (Å²) in [6.45, 7) is 11.1. The molecule has 108 valence electrons. The number of carbonyl (C=O) groups excluding carboxylic acids is 1. The first kappa shape index (κ1) is 13.6. The first-order valence-corrected chi connectivity index (χ1v) is 7.41. The quantitative estimate of drug-likeness (QED) is 0.897. The number of rotatable bonds is 2. The number of carbonyl (C=O) groups is 1. The van der Waals surface area contributed by atoms with Gasteiger partial charge in [0.2, 0.25) is 5.91 Å². The Kier molecular flexibility index (Phi) is 2.78. The van der Waals surface area contributed by atoms with Crippen molar-refractivity contribution in [2.24, 2.45) is 10.8 Å². The summed E-state index contributed by atoms with van der Waals surface area (Å²) in [5, 5.41) is 3.44. The predicted octanol–water partition coefficient (Wildman–Crippen LogP) is 2.94. The highest BCUT2D eigenvalue weighted by atomic mass is 16.2. The van der Waals surface area contributed by atoms with E-state index in [4.69, 9.17) is 0 Å². The number of amides is 1. The largest absolute Gasteiger partial charge is 0.322 e. The lowest BCUT2D eigenvalue weighted by atomic mass is 10.0. The second kappa shape index (κ2) is 4.08. The highest BCUT2D eigenvalue weighted by Crippen LogP contribution is 2.66. The summed E-state index contributed by atoms with van der Waals surface area (Å²) < 4.78 is 0. The zero-order chi connectivity index (χ0) is 14.7. The van der Waals surface area contributed by atoms with E-state index in [1.165, 1.54) is 0 Å². The van der Waals surface area contributed by atoms with Crippen LogP contribution in [0.25, 0.3) is 0 Å². The summed E-state index contributed by atoms with van der Waals surface area (Å²) in [5.74, 6) is 0.215. The standard InChI is InChI=1S/C17H24N2O/c1-11-18-13(12-9-7-6-8-10-12)14(20)19(11)15-16(2,3)17(15,4)5/h6-11,13,15,18H,1-5H3. The van der Waals surface area contributed by atoms with E-state index in [0.29, 0.717) is 6.04 Å². The van der Waals surface area contributed by atoms with Gasteiger partial charge in [-0.1, -0.05) is 58.0 Å². The van der Waals surface area contributed by atoms with Crippen LogP contribution in [0.15, 0.2) is 30.3 Å². The molecule has 3 rings (SSSR count). The van der Waals surface area contributed by atoms with Crippen molar-refractivity contribution in [2.45, 2.75) is 52.9 Å². The molecule has 1 aromatic rings. The average Bonchev–Trinajstić information content (AvgIpc) is 2.65. The first-order chi connectivity index (χ1) is 9.28. The van der Waals surface area contributed by atoms with Crippen LogP contribution in [0, 0.1) is 10.8 Å². The summed E-state index contributed by atoms with van der Waals surface area (Å²) in [4.78, 5) is 14.9. The van der Waals surface area contributed by atoms with Crippen molar-refractivity contribution in [2.75, 3.05) is 0 Å². The van der Waals surface area contributed by atoms with Gasteiger partial charge in [-0.05, 0) is 23.3 Å². The van der Waals surface area contributed by atoms with Gasteiger partial charge >= 0.3 is 0 Å². The first-order valence-electron chi connectivity index (χ1n) is 7.41. The summed E-state index contributed by atoms with van der Waals surface area (Å²) in [7, 11) is 0. The molecule has 1 saturated carbocycles. The van der Waals surface area contributed by atoms with Crippen LogP contribution < -0.4 is 5.32 Å². The van der Waals surface area contributed by atoms with E-state index < -0.39 is 0 Å². The molecule has 1 aliphatic carbocycles. The third kappa shape index (κ3) is 1.65. The molecule has 1 aromatic carbocycles. The number of hydrogen-bond acceptors (Lipinski definition) is 2. The third-order valence-corrected chi connectivity index (χ3v) is 5.68. The van der Waals surface area contributed by atoms with E-state index in [-0.39, 0.29) is 28.9 Å². The molecule has 1 heterocycles. The smallest absolute Gasteiger partial charge is 0.245 e. The molecule has 0 aromatic heterocycles. The third-order valence-electron chi connectivity index (χ3n) is 5.68. The Balaban J connectivity index is 1.88. The summed E-state index contributed by atoms with van der Waals surface area (Å²) >= 11 is 0. The van der Waals surface area contributed by atoms with Gasteiger partial charge in [0, 0.05) is 6.04 Å². The van der Waals surface area contributed by atoms with Crippen LogP contribution in [-0.4, -0.2) is 23.0 Å². The van der Waals surface area contributed by atoms with Gasteiger partial charge in [-0.2, -0.15) is 0 Å². The minimum absolute atomic E-state index is 0.0961. The summed E-state index contributed by atoms with van der Waals surface area (Å²) in [6, 6.07) is 10.1. The maximum Gasteiger partial charge on any atom is 0.245 e. The number of benzene rings is 1. The molecule has 1 saturated heterocycles. The monoisotopic (exact) mass is 272 g/mol. The predicted molar refractivity (Wildman–Crippen MR) is 80.0 cm³/mol. The van der Waals surface area contributed by atoms with Gasteiger partial charge in [-0.25, -0.2) is 0 Å². The molecule has 1 aliphatic heterocycles. The molecular weight excluding hydrogens is 248 g/mol. The van der Waals surface area contributed by atoms with Gasteiger partial charge in [-0.3, -0.25) is 10.1 Å². The van der Waals surface area contributed by atoms with Gasteiger partial charge in [0.05, 0.1) is 6.17 Å². The maximum atomic E-state index is 12.8. The van der Waals surface area contributed by atoms with Crippen molar-refractivity contribution >= 4 is 5.91 Å². The fourth-order valence-corrected chi connectivity index (χ4v) is 3.82. The minimum atomic E-state index is -0.196. The molecule has 2 fully saturated rings. The SMILES string of the molecule is CC1NC(c2ccccc2)C(=O)N1C1C(C)(C)C1(C)C. The Labute approximate surface area is 121 Å². The van der Waals surface area contributed by atoms with E-state index in [0.717, 1.165) is 5.56 Å². The number of hydrogen-bond donors (Lipinski definition) is 1. The van der Waals surface area contributed by atoms with Crippen molar-refractivity contribution in [1.82, 2.24) is 10.2 Å². The molecule has 3 heteroatoms. The van der Waals surface area contributed by atoms with Gasteiger partial charge in [0.1, 0.15) is 6.04 Å². The number of nitrogens with one attached hydrogen (secondary N) is 1. The fourth-order valence-electron chi connectivity index (χ4n) is 3.82. The highest BCUT2D eigenvalue weighted by Gasteiger charge is 2.69. The molecule has 2 unspecified atom stereocenters. The van der Waals surface area contributed by atoms with E-state index in [2.05, 4.69) is 44.8 Å². The Morgan fingerprint density at radius 2 is 1.60 bits per heavy atom. The lowest BCUT2D eigenvalue weighted by Crippen LogP contribution is -2.39. The Morgan fingerprint density at radius 3 is 2.10 bits per heavy atom. The summed E-state index contributed by atoms with van der Waals surface area (Å²) in [6.07, 6.45) is 0.0961. The van der Waals surface area contributed by atoms with Crippen LogP contribution >= 0.6 is 0 Å². The van der Waals surface area contributed by atoms with Crippen molar-refractivity contribution < 1.29 is 4.79 Å². The molecule has 0 bridgehead atoms. The van der Waals surface area contributed by atoms with Gasteiger partial charge in [0.15, 0.2) is 0 Å². The van der Waals surface area contributed by atoms with E-state index in [1.807, 2.05) is 30.3 Å². The van der Waals surface area contributed by atoms with Crippen molar-refractivity contribution in [1.29, 1.82) is 0 Å². The zero-order valence-electron chi connectivity index (χ0n) is 13.0. The van der Waals surface area contributed by atoms with E-state index in [9.17, 15) is 4.79 Å². The summed E-state index contributed by atoms with van der Waals surface area (Å²) in [5.41, 5.74) is 1.43. The van der Waals surface area contributed by atoms with E-state index in [1.54, 1.807) is 0 Å². The van der Waals surface area contributed by atoms with Gasteiger partial charge in [-0.15, -0.1) is 0 Å². The van der Waals surface area contributed by atoms with Crippen LogP contribution in [0.2, 0.25) is 0 Å². The van der Waals surface area contributed by atoms with Gasteiger partial charge < -0.3 is 4.90 Å². The second-order valence-corrected chi connectivity index (χ2v) is 7.28. The molecule has 0 radical (unpaired) electrons. The fraction of sp³-hybridized carbons (Fsp3) is 0.588. The average molecular weight is 272 g/mol. The molecule has 1 N–H and O–H groups in total.